The number of anilines is 1. The first-order chi connectivity index (χ1) is 15.1. The number of aromatic nitrogens is 6. The van der Waals surface area contributed by atoms with E-state index in [1.165, 1.54) is 18.8 Å². The van der Waals surface area contributed by atoms with Crippen molar-refractivity contribution >= 4 is 29.3 Å². The summed E-state index contributed by atoms with van der Waals surface area (Å²) in [6.07, 6.45) is 0. The van der Waals surface area contributed by atoms with Gasteiger partial charge in [-0.15, -0.1) is 5.10 Å². The van der Waals surface area contributed by atoms with E-state index in [4.69, 9.17) is 10.5 Å². The molecule has 0 atom stereocenters. The molecule has 2 heterocycles. The van der Waals surface area contributed by atoms with E-state index >= 15 is 0 Å². The average Bonchev–Trinajstić information content (AvgIpc) is 3.23. The Morgan fingerprint density at radius 3 is 2.59 bits per heavy atom. The van der Waals surface area contributed by atoms with Crippen LogP contribution in [-0.4, -0.2) is 53.5 Å². The predicted molar refractivity (Wildman–Crippen MR) is 116 cm³/mol. The van der Waals surface area contributed by atoms with Gasteiger partial charge in [-0.25, -0.2) is 4.79 Å². The van der Waals surface area contributed by atoms with Crippen molar-refractivity contribution in [1.29, 1.82) is 0 Å². The van der Waals surface area contributed by atoms with E-state index in [1.54, 1.807) is 0 Å². The third-order valence-electron chi connectivity index (χ3n) is 4.71. The van der Waals surface area contributed by atoms with Crippen LogP contribution in [0.25, 0.3) is 5.69 Å². The summed E-state index contributed by atoms with van der Waals surface area (Å²) in [5.74, 6) is -1.98. The number of ketones is 1. The van der Waals surface area contributed by atoms with Crippen LogP contribution in [0.15, 0.2) is 32.9 Å². The Hall–Kier alpha value is -3.74. The first-order valence-corrected chi connectivity index (χ1v) is 10.3. The minimum absolute atomic E-state index is 0.167. The van der Waals surface area contributed by atoms with E-state index in [2.05, 4.69) is 15.5 Å². The number of tetrazole rings is 1. The van der Waals surface area contributed by atoms with E-state index in [0.29, 0.717) is 5.16 Å². The van der Waals surface area contributed by atoms with Gasteiger partial charge in [-0.05, 0) is 41.5 Å². The van der Waals surface area contributed by atoms with Crippen molar-refractivity contribution in [2.24, 2.45) is 14.1 Å². The number of aryl methyl sites for hydroxylation is 2. The van der Waals surface area contributed by atoms with Gasteiger partial charge in [0.15, 0.2) is 6.61 Å². The highest BCUT2D eigenvalue weighted by atomic mass is 32.2. The topological polar surface area (TPSA) is 157 Å². The van der Waals surface area contributed by atoms with Gasteiger partial charge in [0.2, 0.25) is 10.9 Å². The van der Waals surface area contributed by atoms with Crippen LogP contribution in [0.1, 0.15) is 21.5 Å². The molecule has 3 rings (SSSR count). The molecule has 0 fully saturated rings. The van der Waals surface area contributed by atoms with Gasteiger partial charge >= 0.3 is 11.7 Å². The quantitative estimate of drug-likeness (QED) is 0.284. The maximum atomic E-state index is 12.4. The molecule has 0 amide bonds. The minimum Gasteiger partial charge on any atom is -0.457 e. The molecule has 2 aromatic heterocycles. The second-order valence-electron chi connectivity index (χ2n) is 7.00. The molecule has 0 saturated carbocycles. The molecule has 3 aromatic rings. The van der Waals surface area contributed by atoms with Crippen molar-refractivity contribution in [3.8, 4) is 5.69 Å². The van der Waals surface area contributed by atoms with Crippen LogP contribution in [0.2, 0.25) is 0 Å². The summed E-state index contributed by atoms with van der Waals surface area (Å²) < 4.78 is 8.23. The van der Waals surface area contributed by atoms with Crippen molar-refractivity contribution in [2.75, 3.05) is 18.1 Å². The molecule has 12 nitrogen and oxygen atoms in total. The number of carbonyl (C=O) groups is 2. The number of nitrogen functional groups attached to an aromatic ring is 1. The first kappa shape index (κ1) is 22.9. The monoisotopic (exact) mass is 459 g/mol. The Morgan fingerprint density at radius 1 is 1.16 bits per heavy atom. The second-order valence-corrected chi connectivity index (χ2v) is 7.94. The summed E-state index contributed by atoms with van der Waals surface area (Å²) in [7, 11) is 2.56. The van der Waals surface area contributed by atoms with Crippen molar-refractivity contribution in [3.63, 3.8) is 0 Å². The number of Topliss-reactive ketones (excluding diaryl/α,β-unsaturated/α-hetero) is 1. The highest BCUT2D eigenvalue weighted by Gasteiger charge is 2.22. The minimum atomic E-state index is -0.853. The van der Waals surface area contributed by atoms with Crippen molar-refractivity contribution in [3.05, 3.63) is 55.7 Å². The number of benzene rings is 1. The van der Waals surface area contributed by atoms with Gasteiger partial charge in [-0.1, -0.05) is 23.9 Å². The number of rotatable bonds is 7. The molecular weight excluding hydrogens is 438 g/mol. The standard InChI is InChI=1S/C19H21N7O5S/c1-10-5-6-11(2)12(7-10)26-18(21-22-23-26)32-9-14(28)31-8-13(27)15-16(20)24(3)19(30)25(4)17(15)29/h5-7H,8-9,20H2,1-4H3. The van der Waals surface area contributed by atoms with Crippen molar-refractivity contribution in [1.82, 2.24) is 29.3 Å². The molecule has 13 heteroatoms. The maximum absolute atomic E-state index is 12.4. The van der Waals surface area contributed by atoms with E-state index in [1.807, 2.05) is 32.0 Å². The molecule has 0 aliphatic heterocycles. The van der Waals surface area contributed by atoms with Crippen LogP contribution in [0.3, 0.4) is 0 Å². The molecule has 0 radical (unpaired) electrons. The molecule has 168 valence electrons. The number of nitrogens with two attached hydrogens (primary N) is 1. The summed E-state index contributed by atoms with van der Waals surface area (Å²) in [5.41, 5.74) is 6.57. The lowest BCUT2D eigenvalue weighted by Crippen LogP contribution is -2.42. The van der Waals surface area contributed by atoms with Gasteiger partial charge in [0.05, 0.1) is 11.4 Å². The average molecular weight is 459 g/mol. The molecule has 1 aromatic carbocycles. The number of hydrogen-bond acceptors (Lipinski definition) is 10. The van der Waals surface area contributed by atoms with Crippen molar-refractivity contribution in [2.45, 2.75) is 19.0 Å². The lowest BCUT2D eigenvalue weighted by molar-refractivity contribution is -0.139. The summed E-state index contributed by atoms with van der Waals surface area (Å²) >= 11 is 1.04. The molecule has 0 aliphatic rings. The normalized spacial score (nSPS) is 10.9. The molecule has 0 unspecified atom stereocenters. The number of hydrogen-bond donors (Lipinski definition) is 1. The summed E-state index contributed by atoms with van der Waals surface area (Å²) in [6.45, 7) is 3.16. The van der Waals surface area contributed by atoms with Gasteiger partial charge in [0.25, 0.3) is 5.56 Å². The largest absolute Gasteiger partial charge is 0.457 e. The zero-order chi connectivity index (χ0) is 23.6. The Bertz CT molecular complexity index is 1320. The molecule has 2 N–H and O–H groups in total. The SMILES string of the molecule is Cc1ccc(C)c(-n2nnnc2SCC(=O)OCC(=O)c2c(N)n(C)c(=O)n(C)c2=O)c1. The molecule has 0 bridgehead atoms. The third-order valence-corrected chi connectivity index (χ3v) is 5.60. The number of esters is 1. The third kappa shape index (κ3) is 4.46. The Kier molecular flexibility index (Phi) is 6.58. The van der Waals surface area contributed by atoms with Gasteiger partial charge in [-0.3, -0.25) is 23.5 Å². The molecule has 32 heavy (non-hydrogen) atoms. The summed E-state index contributed by atoms with van der Waals surface area (Å²) in [6, 6.07) is 5.83. The second kappa shape index (κ2) is 9.18. The number of thioether (sulfide) groups is 1. The molecular formula is C19H21N7O5S. The van der Waals surface area contributed by atoms with E-state index in [-0.39, 0.29) is 11.6 Å². The zero-order valence-corrected chi connectivity index (χ0v) is 18.7. The maximum Gasteiger partial charge on any atom is 0.332 e. The fourth-order valence-corrected chi connectivity index (χ4v) is 3.55. The fraction of sp³-hybridized carbons (Fsp3) is 0.316. The number of nitrogens with zero attached hydrogens (tertiary/aromatic N) is 6. The molecule has 0 aliphatic carbocycles. The highest BCUT2D eigenvalue weighted by Crippen LogP contribution is 2.21. The van der Waals surface area contributed by atoms with Crippen LogP contribution in [0.5, 0.6) is 0 Å². The van der Waals surface area contributed by atoms with Gasteiger partial charge in [-0.2, -0.15) is 4.68 Å². The van der Waals surface area contributed by atoms with E-state index in [9.17, 15) is 19.2 Å². The van der Waals surface area contributed by atoms with Crippen LogP contribution < -0.4 is 17.0 Å². The smallest absolute Gasteiger partial charge is 0.332 e. The van der Waals surface area contributed by atoms with Crippen LogP contribution in [0.4, 0.5) is 5.82 Å². The van der Waals surface area contributed by atoms with Gasteiger partial charge in [0, 0.05) is 14.1 Å². The predicted octanol–water partition coefficient (Wildman–Crippen LogP) is -0.223. The fourth-order valence-electron chi connectivity index (χ4n) is 2.87. The summed E-state index contributed by atoms with van der Waals surface area (Å²) in [4.78, 5) is 48.7. The first-order valence-electron chi connectivity index (χ1n) is 9.35. The lowest BCUT2D eigenvalue weighted by atomic mass is 10.1. The van der Waals surface area contributed by atoms with E-state index < -0.39 is 35.2 Å². The lowest BCUT2D eigenvalue weighted by Gasteiger charge is -2.11. The van der Waals surface area contributed by atoms with Gasteiger partial charge in [0.1, 0.15) is 11.4 Å². The Labute approximate surface area is 186 Å². The molecule has 0 spiro atoms. The van der Waals surface area contributed by atoms with Gasteiger partial charge < -0.3 is 10.5 Å². The van der Waals surface area contributed by atoms with Crippen LogP contribution in [-0.2, 0) is 23.6 Å². The zero-order valence-electron chi connectivity index (χ0n) is 17.9. The van der Waals surface area contributed by atoms with E-state index in [0.717, 1.165) is 37.7 Å². The number of ether oxygens (including phenoxy) is 1. The highest BCUT2D eigenvalue weighted by molar-refractivity contribution is 7.99. The van der Waals surface area contributed by atoms with Crippen LogP contribution in [0, 0.1) is 13.8 Å². The Morgan fingerprint density at radius 2 is 1.88 bits per heavy atom. The molecule has 0 saturated heterocycles. The Balaban J connectivity index is 1.66. The van der Waals surface area contributed by atoms with Crippen LogP contribution >= 0.6 is 11.8 Å². The summed E-state index contributed by atoms with van der Waals surface area (Å²) in [5, 5.41) is 11.9. The van der Waals surface area contributed by atoms with Crippen molar-refractivity contribution < 1.29 is 14.3 Å². The number of carbonyl (C=O) groups excluding carboxylic acids is 2.